The maximum absolute atomic E-state index is 12.6. The van der Waals surface area contributed by atoms with Gasteiger partial charge in [-0.2, -0.15) is 0 Å². The second-order valence-electron chi connectivity index (χ2n) is 10.2. The molecule has 7 heteroatoms. The molecule has 2 saturated carbocycles. The molecule has 3 N–H and O–H groups in total. The smallest absolute Gasteiger partial charge is 0.407 e. The minimum atomic E-state index is -0.966. The van der Waals surface area contributed by atoms with E-state index in [-0.39, 0.29) is 36.8 Å². The molecule has 0 spiro atoms. The highest BCUT2D eigenvalue weighted by atomic mass is 16.5. The van der Waals surface area contributed by atoms with Gasteiger partial charge in [-0.25, -0.2) is 9.59 Å². The fourth-order valence-corrected chi connectivity index (χ4v) is 5.62. The summed E-state index contributed by atoms with van der Waals surface area (Å²) in [7, 11) is 0. The Hall–Kier alpha value is -3.35. The third-order valence-electron chi connectivity index (χ3n) is 7.58. The lowest BCUT2D eigenvalue weighted by atomic mass is 9.98. The average Bonchev–Trinajstić information content (AvgIpc) is 3.47. The quantitative estimate of drug-likeness (QED) is 0.496. The van der Waals surface area contributed by atoms with E-state index in [0.717, 1.165) is 25.7 Å². The zero-order valence-corrected chi connectivity index (χ0v) is 19.7. The van der Waals surface area contributed by atoms with Gasteiger partial charge >= 0.3 is 12.1 Å². The lowest BCUT2D eigenvalue weighted by Gasteiger charge is -2.18. The van der Waals surface area contributed by atoms with Crippen molar-refractivity contribution in [3.8, 4) is 11.1 Å². The van der Waals surface area contributed by atoms with Crippen molar-refractivity contribution in [2.24, 2.45) is 11.8 Å². The molecule has 0 bridgehead atoms. The number of alkyl carbamates (subject to hydrolysis) is 1. The Morgan fingerprint density at radius 1 is 0.914 bits per heavy atom. The van der Waals surface area contributed by atoms with Crippen molar-refractivity contribution in [1.82, 2.24) is 10.6 Å². The molecule has 0 heterocycles. The van der Waals surface area contributed by atoms with E-state index in [4.69, 9.17) is 4.74 Å². The van der Waals surface area contributed by atoms with Crippen molar-refractivity contribution in [1.29, 1.82) is 0 Å². The van der Waals surface area contributed by atoms with Crippen LogP contribution in [0.15, 0.2) is 48.5 Å². The molecular weight excluding hydrogens is 444 g/mol. The van der Waals surface area contributed by atoms with E-state index in [1.807, 2.05) is 24.3 Å². The number of hydrogen-bond donors (Lipinski definition) is 3. The van der Waals surface area contributed by atoms with E-state index >= 15 is 0 Å². The zero-order valence-electron chi connectivity index (χ0n) is 19.7. The molecule has 0 aliphatic heterocycles. The summed E-state index contributed by atoms with van der Waals surface area (Å²) in [6.07, 6.45) is 4.76. The standard InChI is InChI=1S/C28H32N2O5/c31-26(30-25(27(32)33)14-17-9-10-17)15-18-11-12-19(13-18)29-28(34)35-16-24-22-7-3-1-5-20(22)21-6-2-4-8-23(21)24/h1-8,17-19,24-25H,9-16H2,(H,29,34)(H,30,31)(H,32,33)/t18-,19+,25-/m0/s1. The highest BCUT2D eigenvalue weighted by Crippen LogP contribution is 2.44. The number of amides is 2. The monoisotopic (exact) mass is 476 g/mol. The van der Waals surface area contributed by atoms with Crippen LogP contribution in [0.3, 0.4) is 0 Å². The lowest BCUT2D eigenvalue weighted by molar-refractivity contribution is -0.142. The number of carbonyl (C=O) groups excluding carboxylic acids is 2. The predicted molar refractivity (Wildman–Crippen MR) is 131 cm³/mol. The first-order valence-electron chi connectivity index (χ1n) is 12.6. The minimum Gasteiger partial charge on any atom is -0.480 e. The van der Waals surface area contributed by atoms with Gasteiger partial charge in [0.25, 0.3) is 0 Å². The first-order valence-corrected chi connectivity index (χ1v) is 12.6. The number of ether oxygens (including phenoxy) is 1. The van der Waals surface area contributed by atoms with Crippen molar-refractivity contribution < 1.29 is 24.2 Å². The number of carboxylic acid groups (broad SMARTS) is 1. The molecule has 0 unspecified atom stereocenters. The SMILES string of the molecule is O=C(C[C@H]1CC[C@@H](NC(=O)OCC2c3ccccc3-c3ccccc32)C1)N[C@@H](CC1CC1)C(=O)O. The number of rotatable bonds is 9. The Morgan fingerprint density at radius 3 is 2.17 bits per heavy atom. The molecule has 0 saturated heterocycles. The molecule has 184 valence electrons. The second kappa shape index (κ2) is 10.1. The maximum Gasteiger partial charge on any atom is 0.407 e. The Morgan fingerprint density at radius 2 is 1.54 bits per heavy atom. The molecule has 2 aromatic rings. The summed E-state index contributed by atoms with van der Waals surface area (Å²) in [6.45, 7) is 0.274. The van der Waals surface area contributed by atoms with Crippen LogP contribution in [0.1, 0.15) is 62.0 Å². The fourth-order valence-electron chi connectivity index (χ4n) is 5.62. The Balaban J connectivity index is 1.08. The molecule has 2 amide bonds. The third kappa shape index (κ3) is 5.50. The van der Waals surface area contributed by atoms with Crippen LogP contribution in [0.2, 0.25) is 0 Å². The number of carbonyl (C=O) groups is 3. The van der Waals surface area contributed by atoms with Crippen molar-refractivity contribution in [2.45, 2.75) is 62.9 Å². The van der Waals surface area contributed by atoms with Gasteiger partial charge in [-0.15, -0.1) is 0 Å². The number of benzene rings is 2. The maximum atomic E-state index is 12.6. The zero-order chi connectivity index (χ0) is 24.4. The summed E-state index contributed by atoms with van der Waals surface area (Å²) in [6, 6.07) is 15.6. The molecule has 5 rings (SSSR count). The van der Waals surface area contributed by atoms with E-state index in [1.165, 1.54) is 22.3 Å². The highest BCUT2D eigenvalue weighted by molar-refractivity contribution is 5.83. The molecule has 0 radical (unpaired) electrons. The number of fused-ring (bicyclic) bond motifs is 3. The topological polar surface area (TPSA) is 105 Å². The van der Waals surface area contributed by atoms with Gasteiger partial charge in [0.05, 0.1) is 0 Å². The van der Waals surface area contributed by atoms with Gasteiger partial charge in [-0.05, 0) is 59.8 Å². The molecule has 2 fully saturated rings. The number of hydrogen-bond acceptors (Lipinski definition) is 4. The van der Waals surface area contributed by atoms with Crippen LogP contribution in [0.4, 0.5) is 4.79 Å². The van der Waals surface area contributed by atoms with E-state index in [2.05, 4.69) is 34.9 Å². The minimum absolute atomic E-state index is 0.0194. The summed E-state index contributed by atoms with van der Waals surface area (Å²) in [4.78, 5) is 36.4. The fraction of sp³-hybridized carbons (Fsp3) is 0.464. The van der Waals surface area contributed by atoms with E-state index in [9.17, 15) is 19.5 Å². The summed E-state index contributed by atoms with van der Waals surface area (Å²) in [5.74, 6) is -0.611. The van der Waals surface area contributed by atoms with Crippen LogP contribution in [-0.2, 0) is 14.3 Å². The van der Waals surface area contributed by atoms with Gasteiger partial charge in [0.15, 0.2) is 0 Å². The summed E-state index contributed by atoms with van der Waals surface area (Å²) >= 11 is 0. The lowest BCUT2D eigenvalue weighted by Crippen LogP contribution is -2.41. The highest BCUT2D eigenvalue weighted by Gasteiger charge is 2.33. The van der Waals surface area contributed by atoms with Crippen molar-refractivity contribution in [3.63, 3.8) is 0 Å². The largest absolute Gasteiger partial charge is 0.480 e. The van der Waals surface area contributed by atoms with Crippen molar-refractivity contribution in [2.75, 3.05) is 6.61 Å². The van der Waals surface area contributed by atoms with E-state index in [1.54, 1.807) is 0 Å². The molecule has 0 aromatic heterocycles. The summed E-state index contributed by atoms with van der Waals surface area (Å²) in [5, 5.41) is 15.0. The summed E-state index contributed by atoms with van der Waals surface area (Å²) in [5.41, 5.74) is 4.73. The van der Waals surface area contributed by atoms with Crippen LogP contribution >= 0.6 is 0 Å². The average molecular weight is 477 g/mol. The van der Waals surface area contributed by atoms with Gasteiger partial charge in [0, 0.05) is 18.4 Å². The Labute approximate surface area is 205 Å². The van der Waals surface area contributed by atoms with Gasteiger partial charge in [-0.1, -0.05) is 61.4 Å². The Bertz CT molecular complexity index is 1070. The van der Waals surface area contributed by atoms with Crippen LogP contribution in [0, 0.1) is 11.8 Å². The van der Waals surface area contributed by atoms with Gasteiger partial charge in [-0.3, -0.25) is 4.79 Å². The van der Waals surface area contributed by atoms with Crippen LogP contribution < -0.4 is 10.6 Å². The van der Waals surface area contributed by atoms with Gasteiger partial charge in [0.2, 0.25) is 5.91 Å². The molecule has 2 aromatic carbocycles. The first-order chi connectivity index (χ1) is 17.0. The molecule has 3 atom stereocenters. The van der Waals surface area contributed by atoms with Crippen LogP contribution in [0.25, 0.3) is 11.1 Å². The number of carboxylic acids is 1. The van der Waals surface area contributed by atoms with E-state index in [0.29, 0.717) is 18.8 Å². The molecule has 35 heavy (non-hydrogen) atoms. The molecule has 3 aliphatic rings. The first kappa shape index (κ1) is 23.4. The summed E-state index contributed by atoms with van der Waals surface area (Å²) < 4.78 is 5.65. The number of nitrogens with one attached hydrogen (secondary N) is 2. The molecular formula is C28H32N2O5. The molecule has 3 aliphatic carbocycles. The van der Waals surface area contributed by atoms with E-state index < -0.39 is 18.1 Å². The number of aliphatic carboxylic acids is 1. The predicted octanol–water partition coefficient (Wildman–Crippen LogP) is 4.45. The van der Waals surface area contributed by atoms with Gasteiger partial charge in [0.1, 0.15) is 12.6 Å². The van der Waals surface area contributed by atoms with Crippen LogP contribution in [0.5, 0.6) is 0 Å². The normalized spacial score (nSPS) is 21.6. The van der Waals surface area contributed by atoms with Crippen molar-refractivity contribution in [3.05, 3.63) is 59.7 Å². The third-order valence-corrected chi connectivity index (χ3v) is 7.58. The van der Waals surface area contributed by atoms with Crippen molar-refractivity contribution >= 4 is 18.0 Å². The van der Waals surface area contributed by atoms with Gasteiger partial charge < -0.3 is 20.5 Å². The van der Waals surface area contributed by atoms with Crippen LogP contribution in [-0.4, -0.2) is 41.8 Å². The second-order valence-corrected chi connectivity index (χ2v) is 10.2. The Kier molecular flexibility index (Phi) is 6.75. The molecule has 7 nitrogen and oxygen atoms in total.